The minimum Gasteiger partial charge on any atom is -0.414 e. The maximum absolute atomic E-state index is 10.3. The third-order valence-corrected chi connectivity index (χ3v) is 15.6. The van der Waals surface area contributed by atoms with Crippen LogP contribution in [0.4, 0.5) is 0 Å². The topological polar surface area (TPSA) is 35.5 Å². The Morgan fingerprint density at radius 1 is 0.828 bits per heavy atom. The largest absolute Gasteiger partial charge is 0.414 e. The maximum Gasteiger partial charge on any atom is 0.192 e. The summed E-state index contributed by atoms with van der Waals surface area (Å²) in [6, 6.07) is 0. The maximum atomic E-state index is 10.3. The first kappa shape index (κ1) is 31.0. The van der Waals surface area contributed by atoms with Crippen LogP contribution in [0.15, 0.2) is 12.7 Å². The van der Waals surface area contributed by atoms with E-state index in [1.54, 1.807) is 0 Å². The van der Waals surface area contributed by atoms with Crippen LogP contribution in [-0.4, -0.2) is 35.1 Å². The fraction of sp³-hybridized carbons (Fsp3) is 0.875. The van der Waals surface area contributed by atoms with Gasteiger partial charge in [0.1, 0.15) is 6.29 Å². The van der Waals surface area contributed by atoms with E-state index in [9.17, 15) is 4.79 Å². The molecule has 0 aliphatic rings. The molecule has 0 heterocycles. The molecule has 3 nitrogen and oxygen atoms in total. The molecule has 0 aliphatic carbocycles. The van der Waals surface area contributed by atoms with Gasteiger partial charge in [0.05, 0.1) is 0 Å². The summed E-state index contributed by atoms with van der Waals surface area (Å²) in [4.78, 5) is 10.3. The van der Waals surface area contributed by atoms with Gasteiger partial charge in [-0.1, -0.05) is 61.5 Å². The molecular weight excluding hydrogens is 392 g/mol. The van der Waals surface area contributed by atoms with Gasteiger partial charge in [-0.25, -0.2) is 0 Å². The van der Waals surface area contributed by atoms with E-state index >= 15 is 0 Å². The zero-order valence-electron chi connectivity index (χ0n) is 21.8. The molecule has 2 unspecified atom stereocenters. The molecule has 0 N–H and O–H groups in total. The van der Waals surface area contributed by atoms with Gasteiger partial charge in [0.2, 0.25) is 0 Å². The van der Waals surface area contributed by atoms with Crippen molar-refractivity contribution >= 4 is 22.9 Å². The Balaban J connectivity index is 0. The predicted molar refractivity (Wildman–Crippen MR) is 135 cm³/mol. The highest BCUT2D eigenvalue weighted by Gasteiger charge is 2.39. The Labute approximate surface area is 185 Å². The standard InChI is InChI=1S/C12H26O2Si.C12H26OSi/c1-7-11(9-8-10-13)14-15(5,6)12(2,3)4;1-8-10-11(9-2)13-14(6,7)12(3,4)5/h10-11H,7-9H2,1-6H3;8,11H,1,9-10H2,2-7H3. The lowest BCUT2D eigenvalue weighted by Crippen LogP contribution is -2.43. The van der Waals surface area contributed by atoms with Gasteiger partial charge in [0.15, 0.2) is 16.6 Å². The van der Waals surface area contributed by atoms with Crippen LogP contribution in [0.25, 0.3) is 0 Å². The van der Waals surface area contributed by atoms with Crippen LogP contribution in [0, 0.1) is 0 Å². The van der Waals surface area contributed by atoms with Crippen LogP contribution in [-0.2, 0) is 13.6 Å². The lowest BCUT2D eigenvalue weighted by molar-refractivity contribution is -0.108. The molecule has 0 saturated heterocycles. The summed E-state index contributed by atoms with van der Waals surface area (Å²) in [6.45, 7) is 30.8. The molecule has 0 aromatic heterocycles. The van der Waals surface area contributed by atoms with Gasteiger partial charge in [0.25, 0.3) is 0 Å². The van der Waals surface area contributed by atoms with Gasteiger partial charge in [-0.05, 0) is 61.9 Å². The monoisotopic (exact) mass is 444 g/mol. The van der Waals surface area contributed by atoms with E-state index in [2.05, 4.69) is 88.2 Å². The molecule has 5 heteroatoms. The second kappa shape index (κ2) is 13.2. The van der Waals surface area contributed by atoms with E-state index in [4.69, 9.17) is 8.85 Å². The van der Waals surface area contributed by atoms with Crippen molar-refractivity contribution in [1.29, 1.82) is 0 Å². The van der Waals surface area contributed by atoms with Gasteiger partial charge in [-0.2, -0.15) is 0 Å². The first-order chi connectivity index (χ1) is 13.0. The average molecular weight is 445 g/mol. The highest BCUT2D eigenvalue weighted by molar-refractivity contribution is 6.74. The molecule has 0 rings (SSSR count). The van der Waals surface area contributed by atoms with E-state index in [0.29, 0.717) is 17.6 Å². The summed E-state index contributed by atoms with van der Waals surface area (Å²) in [6.07, 6.45) is 8.12. The summed E-state index contributed by atoms with van der Waals surface area (Å²) >= 11 is 0. The van der Waals surface area contributed by atoms with Gasteiger partial charge < -0.3 is 13.6 Å². The van der Waals surface area contributed by atoms with Gasteiger partial charge in [-0.15, -0.1) is 6.58 Å². The Morgan fingerprint density at radius 3 is 1.48 bits per heavy atom. The van der Waals surface area contributed by atoms with Crippen molar-refractivity contribution in [3.63, 3.8) is 0 Å². The van der Waals surface area contributed by atoms with Gasteiger partial charge in [-0.3, -0.25) is 0 Å². The van der Waals surface area contributed by atoms with Crippen LogP contribution in [0.2, 0.25) is 36.3 Å². The van der Waals surface area contributed by atoms with Crippen molar-refractivity contribution in [2.24, 2.45) is 0 Å². The number of aldehydes is 1. The fourth-order valence-electron chi connectivity index (χ4n) is 2.27. The molecule has 0 spiro atoms. The van der Waals surface area contributed by atoms with Crippen molar-refractivity contribution in [3.8, 4) is 0 Å². The molecular formula is C24H52O3Si2. The molecule has 0 aromatic rings. The lowest BCUT2D eigenvalue weighted by atomic mass is 10.2. The lowest BCUT2D eigenvalue weighted by Gasteiger charge is -2.39. The summed E-state index contributed by atoms with van der Waals surface area (Å²) in [7, 11) is -3.23. The van der Waals surface area contributed by atoms with Crippen molar-refractivity contribution in [1.82, 2.24) is 0 Å². The van der Waals surface area contributed by atoms with Crippen LogP contribution in [0.5, 0.6) is 0 Å². The molecule has 2 atom stereocenters. The Hall–Kier alpha value is -0.236. The molecule has 0 saturated carbocycles. The second-order valence-electron chi connectivity index (χ2n) is 11.1. The van der Waals surface area contributed by atoms with Crippen LogP contribution in [0.1, 0.15) is 87.5 Å². The fourth-order valence-corrected chi connectivity index (χ4v) is 5.19. The smallest absolute Gasteiger partial charge is 0.192 e. The first-order valence-electron chi connectivity index (χ1n) is 11.4. The van der Waals surface area contributed by atoms with E-state index in [1.807, 2.05) is 6.08 Å². The molecule has 0 radical (unpaired) electrons. The van der Waals surface area contributed by atoms with E-state index in [-0.39, 0.29) is 11.1 Å². The quantitative estimate of drug-likeness (QED) is 0.183. The Bertz CT molecular complexity index is 460. The second-order valence-corrected chi connectivity index (χ2v) is 20.6. The number of hydrogen-bond donors (Lipinski definition) is 0. The number of rotatable bonds is 11. The van der Waals surface area contributed by atoms with Crippen molar-refractivity contribution < 1.29 is 13.6 Å². The van der Waals surface area contributed by atoms with Gasteiger partial charge >= 0.3 is 0 Å². The van der Waals surface area contributed by atoms with Crippen LogP contribution >= 0.6 is 0 Å². The van der Waals surface area contributed by atoms with Crippen molar-refractivity contribution in [2.75, 3.05) is 0 Å². The summed E-state index contributed by atoms with van der Waals surface area (Å²) in [5.74, 6) is 0. The van der Waals surface area contributed by atoms with Crippen molar-refractivity contribution in [3.05, 3.63) is 12.7 Å². The highest BCUT2D eigenvalue weighted by atomic mass is 28.4. The third kappa shape index (κ3) is 12.3. The third-order valence-electron chi connectivity index (χ3n) is 6.48. The summed E-state index contributed by atoms with van der Waals surface area (Å²) in [5.41, 5.74) is 0. The van der Waals surface area contributed by atoms with Gasteiger partial charge in [0, 0.05) is 18.6 Å². The molecule has 174 valence electrons. The summed E-state index contributed by atoms with van der Waals surface area (Å²) in [5, 5.41) is 0.559. The summed E-state index contributed by atoms with van der Waals surface area (Å²) < 4.78 is 12.5. The average Bonchev–Trinajstić information content (AvgIpc) is 2.56. The molecule has 0 fully saturated rings. The van der Waals surface area contributed by atoms with Crippen LogP contribution < -0.4 is 0 Å². The van der Waals surface area contributed by atoms with Crippen LogP contribution in [0.3, 0.4) is 0 Å². The first-order valence-corrected chi connectivity index (χ1v) is 17.2. The number of carbonyl (C=O) groups excluding carboxylic acids is 1. The normalized spacial score (nSPS) is 15.2. The van der Waals surface area contributed by atoms with Crippen molar-refractivity contribution in [2.45, 2.75) is 136 Å². The number of carbonyl (C=O) groups is 1. The molecule has 0 amide bonds. The molecule has 0 bridgehead atoms. The van der Waals surface area contributed by atoms with E-state index < -0.39 is 16.6 Å². The minimum absolute atomic E-state index is 0.252. The highest BCUT2D eigenvalue weighted by Crippen LogP contribution is 2.38. The zero-order valence-corrected chi connectivity index (χ0v) is 23.8. The Morgan fingerprint density at radius 2 is 1.21 bits per heavy atom. The zero-order chi connectivity index (χ0) is 23.5. The number of hydrogen-bond acceptors (Lipinski definition) is 3. The van der Waals surface area contributed by atoms with E-state index in [0.717, 1.165) is 32.0 Å². The predicted octanol–water partition coefficient (Wildman–Crippen LogP) is 8.13. The Kier molecular flexibility index (Phi) is 14.1. The van der Waals surface area contributed by atoms with E-state index in [1.165, 1.54) is 0 Å². The SMILES string of the molecule is C=CCC(CC)O[Si](C)(C)C(C)(C)C.CCC(CCC=O)O[Si](C)(C)C(C)(C)C. The molecule has 0 aliphatic heterocycles. The minimum atomic E-state index is -1.65. The molecule has 0 aromatic carbocycles. The molecule has 29 heavy (non-hydrogen) atoms.